The fraction of sp³-hybridized carbons (Fsp3) is 0.200. The summed E-state index contributed by atoms with van der Waals surface area (Å²) in [6.07, 6.45) is 0. The highest BCUT2D eigenvalue weighted by molar-refractivity contribution is 5.93. The number of aryl methyl sites for hydroxylation is 3. The normalized spacial score (nSPS) is 11.0. The van der Waals surface area contributed by atoms with Gasteiger partial charge in [-0.3, -0.25) is 18.7 Å². The number of pyridine rings is 1. The topological polar surface area (TPSA) is 77.2 Å². The minimum Gasteiger partial charge on any atom is -0.306 e. The average molecular weight is 428 g/mol. The molecule has 0 radical (unpaired) electrons. The molecule has 7 heteroatoms. The van der Waals surface area contributed by atoms with Gasteiger partial charge in [-0.25, -0.2) is 9.78 Å². The third-order valence-corrected chi connectivity index (χ3v) is 5.47. The second-order valence-corrected chi connectivity index (χ2v) is 7.81. The lowest BCUT2D eigenvalue weighted by atomic mass is 10.1. The van der Waals surface area contributed by atoms with Gasteiger partial charge < -0.3 is 4.90 Å². The number of hydrogen-bond acceptors (Lipinski definition) is 4. The van der Waals surface area contributed by atoms with E-state index in [4.69, 9.17) is 0 Å². The van der Waals surface area contributed by atoms with Crippen LogP contribution in [0.15, 0.2) is 76.3 Å². The van der Waals surface area contributed by atoms with Crippen molar-refractivity contribution in [2.24, 2.45) is 7.05 Å². The molecule has 1 amide bonds. The first kappa shape index (κ1) is 21.2. The molecule has 2 aromatic carbocycles. The molecule has 0 bridgehead atoms. The second kappa shape index (κ2) is 8.63. The number of aromatic nitrogens is 3. The van der Waals surface area contributed by atoms with Crippen molar-refractivity contribution in [3.63, 3.8) is 0 Å². The minimum atomic E-state index is -0.568. The van der Waals surface area contributed by atoms with Crippen molar-refractivity contribution in [1.29, 1.82) is 0 Å². The largest absolute Gasteiger partial charge is 0.332 e. The highest BCUT2D eigenvalue weighted by Crippen LogP contribution is 2.18. The van der Waals surface area contributed by atoms with Crippen LogP contribution in [0, 0.1) is 13.8 Å². The van der Waals surface area contributed by atoms with Crippen molar-refractivity contribution in [1.82, 2.24) is 14.1 Å². The molecule has 0 aliphatic carbocycles. The van der Waals surface area contributed by atoms with Crippen molar-refractivity contribution in [2.75, 3.05) is 4.90 Å². The summed E-state index contributed by atoms with van der Waals surface area (Å²) in [6, 6.07) is 20.6. The van der Waals surface area contributed by atoms with Crippen molar-refractivity contribution >= 4 is 22.6 Å². The molecule has 0 atom stereocenters. The Balaban J connectivity index is 1.79. The summed E-state index contributed by atoms with van der Waals surface area (Å²) in [5.74, 6) is -0.351. The third kappa shape index (κ3) is 3.97. The van der Waals surface area contributed by atoms with Gasteiger partial charge in [-0.2, -0.15) is 0 Å². The van der Waals surface area contributed by atoms with Crippen molar-refractivity contribution < 1.29 is 4.79 Å². The summed E-state index contributed by atoms with van der Waals surface area (Å²) < 4.78 is 2.32. The summed E-state index contributed by atoms with van der Waals surface area (Å²) in [6.45, 7) is 3.58. The molecule has 162 valence electrons. The molecule has 0 saturated carbocycles. The Hall–Kier alpha value is -4.00. The molecule has 0 spiro atoms. The molecule has 0 aliphatic heterocycles. The van der Waals surface area contributed by atoms with E-state index in [0.29, 0.717) is 23.3 Å². The summed E-state index contributed by atoms with van der Waals surface area (Å²) in [5, 5.41) is 0.347. The fourth-order valence-electron chi connectivity index (χ4n) is 3.88. The Bertz CT molecular complexity index is 1410. The number of rotatable bonds is 5. The standard InChI is InChI=1S/C25H24N4O3/c1-17-14-18(2)26-23-22(17)24(31)29(25(32)27(23)3)16-21(30)28(20-12-8-5-9-13-20)15-19-10-6-4-7-11-19/h4-14H,15-16H2,1-3H3. The van der Waals surface area contributed by atoms with E-state index in [0.717, 1.165) is 21.4 Å². The zero-order chi connectivity index (χ0) is 22.8. The minimum absolute atomic E-state index is 0.324. The van der Waals surface area contributed by atoms with Gasteiger partial charge in [0.2, 0.25) is 5.91 Å². The van der Waals surface area contributed by atoms with Gasteiger partial charge in [0.25, 0.3) is 5.56 Å². The van der Waals surface area contributed by atoms with E-state index in [9.17, 15) is 14.4 Å². The lowest BCUT2D eigenvalue weighted by Gasteiger charge is -2.23. The van der Waals surface area contributed by atoms with E-state index >= 15 is 0 Å². The summed E-state index contributed by atoms with van der Waals surface area (Å²) in [4.78, 5) is 45.6. The third-order valence-electron chi connectivity index (χ3n) is 5.47. The number of para-hydroxylation sites is 1. The monoisotopic (exact) mass is 428 g/mol. The van der Waals surface area contributed by atoms with Crippen LogP contribution in [0.1, 0.15) is 16.8 Å². The van der Waals surface area contributed by atoms with Gasteiger partial charge in [0, 0.05) is 18.4 Å². The van der Waals surface area contributed by atoms with E-state index < -0.39 is 11.2 Å². The van der Waals surface area contributed by atoms with Crippen LogP contribution in [-0.2, 0) is 24.9 Å². The predicted molar refractivity (Wildman–Crippen MR) is 125 cm³/mol. The van der Waals surface area contributed by atoms with E-state index in [2.05, 4.69) is 4.98 Å². The highest BCUT2D eigenvalue weighted by Gasteiger charge is 2.21. The van der Waals surface area contributed by atoms with Crippen molar-refractivity contribution in [3.8, 4) is 0 Å². The number of fused-ring (bicyclic) bond motifs is 1. The van der Waals surface area contributed by atoms with Gasteiger partial charge in [0.15, 0.2) is 0 Å². The maximum Gasteiger partial charge on any atom is 0.332 e. The van der Waals surface area contributed by atoms with Crippen LogP contribution >= 0.6 is 0 Å². The zero-order valence-electron chi connectivity index (χ0n) is 18.3. The fourth-order valence-corrected chi connectivity index (χ4v) is 3.88. The number of carbonyl (C=O) groups excluding carboxylic acids is 1. The quantitative estimate of drug-likeness (QED) is 0.490. The number of nitrogens with zero attached hydrogens (tertiary/aromatic N) is 4. The second-order valence-electron chi connectivity index (χ2n) is 7.81. The number of benzene rings is 2. The summed E-state index contributed by atoms with van der Waals surface area (Å²) >= 11 is 0. The zero-order valence-corrected chi connectivity index (χ0v) is 18.3. The van der Waals surface area contributed by atoms with Gasteiger partial charge >= 0.3 is 5.69 Å². The predicted octanol–water partition coefficient (Wildman–Crippen LogP) is 2.95. The van der Waals surface area contributed by atoms with Crippen LogP contribution in [0.2, 0.25) is 0 Å². The first-order chi connectivity index (χ1) is 15.4. The van der Waals surface area contributed by atoms with Gasteiger partial charge in [-0.15, -0.1) is 0 Å². The lowest BCUT2D eigenvalue weighted by Crippen LogP contribution is -2.44. The van der Waals surface area contributed by atoms with Crippen molar-refractivity contribution in [2.45, 2.75) is 26.9 Å². The Labute approximate surface area is 185 Å². The van der Waals surface area contributed by atoms with Crippen LogP contribution < -0.4 is 16.1 Å². The van der Waals surface area contributed by atoms with Crippen LogP contribution in [0.4, 0.5) is 5.69 Å². The number of hydrogen-bond donors (Lipinski definition) is 0. The van der Waals surface area contributed by atoms with E-state index in [1.807, 2.05) is 67.6 Å². The molecule has 4 rings (SSSR count). The summed E-state index contributed by atoms with van der Waals surface area (Å²) in [5.41, 5.74) is 2.33. The average Bonchev–Trinajstić information content (AvgIpc) is 2.79. The SMILES string of the molecule is Cc1cc(C)c2c(=O)n(CC(=O)N(Cc3ccccc3)c3ccccc3)c(=O)n(C)c2n1. The maximum atomic E-state index is 13.4. The number of anilines is 1. The molecule has 4 aromatic rings. The first-order valence-corrected chi connectivity index (χ1v) is 10.3. The molecule has 0 unspecified atom stereocenters. The van der Waals surface area contributed by atoms with Crippen molar-refractivity contribution in [3.05, 3.63) is 104 Å². The van der Waals surface area contributed by atoms with Gasteiger partial charge in [0.05, 0.1) is 11.9 Å². The molecule has 2 aromatic heterocycles. The molecular formula is C25H24N4O3. The van der Waals surface area contributed by atoms with Gasteiger partial charge in [-0.05, 0) is 43.2 Å². The molecule has 32 heavy (non-hydrogen) atoms. The Kier molecular flexibility index (Phi) is 5.73. The van der Waals surface area contributed by atoms with Gasteiger partial charge in [-0.1, -0.05) is 48.5 Å². The van der Waals surface area contributed by atoms with E-state index in [1.54, 1.807) is 24.9 Å². The lowest BCUT2D eigenvalue weighted by molar-refractivity contribution is -0.119. The number of carbonyl (C=O) groups is 1. The molecule has 2 heterocycles. The smallest absolute Gasteiger partial charge is 0.306 e. The Morgan fingerprint density at radius 3 is 2.25 bits per heavy atom. The number of amides is 1. The molecule has 0 saturated heterocycles. The Morgan fingerprint density at radius 1 is 0.969 bits per heavy atom. The van der Waals surface area contributed by atoms with E-state index in [-0.39, 0.29) is 12.5 Å². The molecule has 0 aliphatic rings. The summed E-state index contributed by atoms with van der Waals surface area (Å²) in [7, 11) is 1.57. The first-order valence-electron chi connectivity index (χ1n) is 10.3. The maximum absolute atomic E-state index is 13.4. The van der Waals surface area contributed by atoms with Crippen LogP contribution in [-0.4, -0.2) is 20.0 Å². The molecular weight excluding hydrogens is 404 g/mol. The van der Waals surface area contributed by atoms with E-state index in [1.165, 1.54) is 4.57 Å². The molecule has 0 fully saturated rings. The van der Waals surface area contributed by atoms with Crippen LogP contribution in [0.25, 0.3) is 11.0 Å². The molecule has 7 nitrogen and oxygen atoms in total. The molecule has 0 N–H and O–H groups in total. The highest BCUT2D eigenvalue weighted by atomic mass is 16.2. The van der Waals surface area contributed by atoms with Crippen LogP contribution in [0.3, 0.4) is 0 Å². The Morgan fingerprint density at radius 2 is 1.59 bits per heavy atom. The van der Waals surface area contributed by atoms with Gasteiger partial charge in [0.1, 0.15) is 12.2 Å². The van der Waals surface area contributed by atoms with Crippen LogP contribution in [0.5, 0.6) is 0 Å².